The van der Waals surface area contributed by atoms with Crippen LogP contribution in [0.25, 0.3) is 0 Å². The minimum Gasteiger partial charge on any atom is -0.481 e. The van der Waals surface area contributed by atoms with Gasteiger partial charge in [0.1, 0.15) is 0 Å². The first-order valence-corrected chi connectivity index (χ1v) is 9.21. The zero-order valence-electron chi connectivity index (χ0n) is 13.9. The van der Waals surface area contributed by atoms with Crippen molar-refractivity contribution in [3.05, 3.63) is 29.3 Å². The predicted molar refractivity (Wildman–Crippen MR) is 88.3 cm³/mol. The van der Waals surface area contributed by atoms with Gasteiger partial charge in [-0.3, -0.25) is 9.59 Å². The summed E-state index contributed by atoms with van der Waals surface area (Å²) in [6, 6.07) is 4.39. The van der Waals surface area contributed by atoms with E-state index in [-0.39, 0.29) is 23.0 Å². The summed E-state index contributed by atoms with van der Waals surface area (Å²) in [5, 5.41) is 8.95. The van der Waals surface area contributed by atoms with E-state index in [0.29, 0.717) is 5.56 Å². The number of rotatable bonds is 7. The van der Waals surface area contributed by atoms with Crippen molar-refractivity contribution in [1.82, 2.24) is 9.62 Å². The van der Waals surface area contributed by atoms with Crippen LogP contribution in [0.5, 0.6) is 0 Å². The summed E-state index contributed by atoms with van der Waals surface area (Å²) in [7, 11) is -2.14. The van der Waals surface area contributed by atoms with Crippen LogP contribution in [0.1, 0.15) is 35.7 Å². The molecule has 1 fully saturated rings. The number of carboxylic acid groups (broad SMARTS) is 1. The molecular weight excluding hydrogens is 332 g/mol. The maximum atomic E-state index is 12.6. The van der Waals surface area contributed by atoms with Gasteiger partial charge in [0.25, 0.3) is 5.91 Å². The third-order valence-corrected chi connectivity index (χ3v) is 5.48. The lowest BCUT2D eigenvalue weighted by Crippen LogP contribution is -2.34. The highest BCUT2D eigenvalue weighted by molar-refractivity contribution is 7.89. The van der Waals surface area contributed by atoms with E-state index in [2.05, 4.69) is 4.72 Å². The Morgan fingerprint density at radius 2 is 2.00 bits per heavy atom. The van der Waals surface area contributed by atoms with Crippen LogP contribution in [0.3, 0.4) is 0 Å². The maximum absolute atomic E-state index is 12.6. The zero-order valence-corrected chi connectivity index (χ0v) is 14.8. The number of nitrogens with zero attached hydrogens (tertiary/aromatic N) is 1. The molecule has 24 heavy (non-hydrogen) atoms. The maximum Gasteiger partial charge on any atom is 0.308 e. The first-order chi connectivity index (χ1) is 11.1. The third kappa shape index (κ3) is 4.33. The lowest BCUT2D eigenvalue weighted by atomic mass is 10.1. The van der Waals surface area contributed by atoms with Crippen LogP contribution in [0.15, 0.2) is 23.1 Å². The van der Waals surface area contributed by atoms with E-state index < -0.39 is 27.8 Å². The van der Waals surface area contributed by atoms with Crippen molar-refractivity contribution < 1.29 is 23.1 Å². The molecule has 1 aliphatic rings. The highest BCUT2D eigenvalue weighted by atomic mass is 32.2. The monoisotopic (exact) mass is 354 g/mol. The molecule has 8 heteroatoms. The molecule has 7 nitrogen and oxygen atoms in total. The van der Waals surface area contributed by atoms with Gasteiger partial charge in [0.2, 0.25) is 10.0 Å². The fraction of sp³-hybridized carbons (Fsp3) is 0.500. The molecule has 0 bridgehead atoms. The lowest BCUT2D eigenvalue weighted by molar-refractivity contribution is -0.141. The van der Waals surface area contributed by atoms with E-state index in [9.17, 15) is 18.0 Å². The number of benzene rings is 1. The van der Waals surface area contributed by atoms with Crippen molar-refractivity contribution in [3.63, 3.8) is 0 Å². The minimum atomic E-state index is -3.65. The second-order valence-electron chi connectivity index (χ2n) is 6.30. The summed E-state index contributed by atoms with van der Waals surface area (Å²) < 4.78 is 27.2. The standard InChI is InChI=1S/C16H22N2O5S/c1-10-4-7-13(24(22,23)17-12-5-6-12)8-14(10)15(19)18(3)9-11(2)16(20)21/h4,7-8,11-12,17H,5-6,9H2,1-3H3,(H,20,21). The van der Waals surface area contributed by atoms with Gasteiger partial charge in [-0.05, 0) is 37.5 Å². The Bertz CT molecular complexity index is 756. The van der Waals surface area contributed by atoms with Crippen molar-refractivity contribution >= 4 is 21.9 Å². The first kappa shape index (κ1) is 18.4. The number of carbonyl (C=O) groups is 2. The normalized spacial score (nSPS) is 15.8. The Morgan fingerprint density at radius 3 is 2.54 bits per heavy atom. The van der Waals surface area contributed by atoms with Crippen molar-refractivity contribution in [2.45, 2.75) is 37.6 Å². The lowest BCUT2D eigenvalue weighted by Gasteiger charge is -2.21. The average molecular weight is 354 g/mol. The van der Waals surface area contributed by atoms with Crippen LogP contribution in [0.2, 0.25) is 0 Å². The highest BCUT2D eigenvalue weighted by Gasteiger charge is 2.29. The Balaban J connectivity index is 2.24. The van der Waals surface area contributed by atoms with Gasteiger partial charge in [-0.15, -0.1) is 0 Å². The fourth-order valence-corrected chi connectivity index (χ4v) is 3.60. The van der Waals surface area contributed by atoms with Crippen LogP contribution >= 0.6 is 0 Å². The third-order valence-electron chi connectivity index (χ3n) is 3.96. The molecule has 1 aromatic rings. The molecule has 0 radical (unpaired) electrons. The molecule has 1 unspecified atom stereocenters. The largest absolute Gasteiger partial charge is 0.481 e. The van der Waals surface area contributed by atoms with Gasteiger partial charge in [0.05, 0.1) is 10.8 Å². The topological polar surface area (TPSA) is 104 Å². The summed E-state index contributed by atoms with van der Waals surface area (Å²) in [5.41, 5.74) is 0.897. The van der Waals surface area contributed by atoms with Crippen LogP contribution in [-0.4, -0.2) is 49.9 Å². The average Bonchev–Trinajstić information content (AvgIpc) is 3.29. The van der Waals surface area contributed by atoms with E-state index in [1.807, 2.05) is 0 Å². The van der Waals surface area contributed by atoms with Gasteiger partial charge in [0.15, 0.2) is 0 Å². The Kier molecular flexibility index (Phi) is 5.29. The van der Waals surface area contributed by atoms with Crippen LogP contribution in [0, 0.1) is 12.8 Å². The van der Waals surface area contributed by atoms with Crippen LogP contribution in [-0.2, 0) is 14.8 Å². The molecule has 0 aliphatic heterocycles. The van der Waals surface area contributed by atoms with Gasteiger partial charge in [-0.2, -0.15) is 0 Å². The number of carboxylic acids is 1. The Morgan fingerprint density at radius 1 is 1.38 bits per heavy atom. The van der Waals surface area contributed by atoms with Crippen molar-refractivity contribution in [2.75, 3.05) is 13.6 Å². The molecule has 132 valence electrons. The van der Waals surface area contributed by atoms with Gasteiger partial charge >= 0.3 is 5.97 Å². The second kappa shape index (κ2) is 6.90. The molecule has 0 heterocycles. The van der Waals surface area contributed by atoms with E-state index in [1.54, 1.807) is 13.0 Å². The minimum absolute atomic E-state index is 0.0189. The molecule has 1 amide bonds. The van der Waals surface area contributed by atoms with E-state index >= 15 is 0 Å². The molecule has 2 N–H and O–H groups in total. The van der Waals surface area contributed by atoms with Gasteiger partial charge in [0, 0.05) is 25.2 Å². The highest BCUT2D eigenvalue weighted by Crippen LogP contribution is 2.23. The van der Waals surface area contributed by atoms with Gasteiger partial charge < -0.3 is 10.0 Å². The summed E-state index contributed by atoms with van der Waals surface area (Å²) in [6.07, 6.45) is 1.65. The first-order valence-electron chi connectivity index (χ1n) is 7.73. The SMILES string of the molecule is Cc1ccc(S(=O)(=O)NC2CC2)cc1C(=O)N(C)CC(C)C(=O)O. The molecule has 1 aliphatic carbocycles. The number of hydrogen-bond acceptors (Lipinski definition) is 4. The van der Waals surface area contributed by atoms with Crippen molar-refractivity contribution in [3.8, 4) is 0 Å². The Labute approximate surface area is 141 Å². The summed E-state index contributed by atoms with van der Waals surface area (Å²) in [6.45, 7) is 3.27. The van der Waals surface area contributed by atoms with Crippen LogP contribution < -0.4 is 4.72 Å². The number of aliphatic carboxylic acids is 1. The van der Waals surface area contributed by atoms with E-state index in [4.69, 9.17) is 5.11 Å². The zero-order chi connectivity index (χ0) is 18.1. The number of hydrogen-bond donors (Lipinski definition) is 2. The molecule has 1 atom stereocenters. The van der Waals surface area contributed by atoms with Crippen molar-refractivity contribution in [2.24, 2.45) is 5.92 Å². The summed E-state index contributed by atoms with van der Waals surface area (Å²) in [5.74, 6) is -2.09. The van der Waals surface area contributed by atoms with E-state index in [0.717, 1.165) is 12.8 Å². The fourth-order valence-electron chi connectivity index (χ4n) is 2.26. The molecule has 1 aromatic carbocycles. The Hall–Kier alpha value is -1.93. The van der Waals surface area contributed by atoms with Gasteiger partial charge in [-0.25, -0.2) is 13.1 Å². The quantitative estimate of drug-likeness (QED) is 0.766. The van der Waals surface area contributed by atoms with Gasteiger partial charge in [-0.1, -0.05) is 13.0 Å². The van der Waals surface area contributed by atoms with E-state index in [1.165, 1.54) is 31.0 Å². The van der Waals surface area contributed by atoms with Crippen LogP contribution in [0.4, 0.5) is 0 Å². The predicted octanol–water partition coefficient (Wildman–Crippen LogP) is 1.23. The molecule has 1 saturated carbocycles. The second-order valence-corrected chi connectivity index (χ2v) is 8.01. The molecular formula is C16H22N2O5S. The number of sulfonamides is 1. The molecule has 2 rings (SSSR count). The number of nitrogens with one attached hydrogen (secondary N) is 1. The number of amides is 1. The molecule has 0 spiro atoms. The molecule has 0 aromatic heterocycles. The summed E-state index contributed by atoms with van der Waals surface area (Å²) in [4.78, 5) is 24.8. The molecule has 0 saturated heterocycles. The number of aryl methyl sites for hydroxylation is 1. The smallest absolute Gasteiger partial charge is 0.308 e. The number of carbonyl (C=O) groups excluding carboxylic acids is 1. The summed E-state index contributed by atoms with van der Waals surface area (Å²) >= 11 is 0. The van der Waals surface area contributed by atoms with Crippen molar-refractivity contribution in [1.29, 1.82) is 0 Å².